The van der Waals surface area contributed by atoms with Crippen LogP contribution >= 0.6 is 0 Å². The van der Waals surface area contributed by atoms with E-state index in [1.807, 2.05) is 27.7 Å². The van der Waals surface area contributed by atoms with Crippen LogP contribution < -0.4 is 26.0 Å². The van der Waals surface area contributed by atoms with Gasteiger partial charge in [-0.1, -0.05) is 46.2 Å². The summed E-state index contributed by atoms with van der Waals surface area (Å²) < 4.78 is 33.2. The number of carbonyl (C=O) groups is 4. The predicted octanol–water partition coefficient (Wildman–Crippen LogP) is 3.32. The summed E-state index contributed by atoms with van der Waals surface area (Å²) in [6.45, 7) is 7.91. The summed E-state index contributed by atoms with van der Waals surface area (Å²) in [7, 11) is 0. The zero-order valence-electron chi connectivity index (χ0n) is 23.7. The van der Waals surface area contributed by atoms with Gasteiger partial charge in [0, 0.05) is 18.9 Å². The smallest absolute Gasteiger partial charge is 0.255 e. The Morgan fingerprint density at radius 3 is 2.40 bits per heavy atom. The van der Waals surface area contributed by atoms with Crippen LogP contribution in [0.25, 0.3) is 0 Å². The topological polar surface area (TPSA) is 126 Å². The number of alkyl halides is 2. The molecule has 4 atom stereocenters. The van der Waals surface area contributed by atoms with Gasteiger partial charge in [0.1, 0.15) is 24.4 Å². The van der Waals surface area contributed by atoms with E-state index in [0.717, 1.165) is 0 Å². The molecule has 3 rings (SSSR count). The fourth-order valence-electron chi connectivity index (χ4n) is 5.05. The van der Waals surface area contributed by atoms with Crippen molar-refractivity contribution in [2.45, 2.75) is 103 Å². The van der Waals surface area contributed by atoms with Gasteiger partial charge in [0.2, 0.25) is 23.6 Å². The number of benzene rings is 1. The Hall–Kier alpha value is -3.24. The zero-order valence-corrected chi connectivity index (χ0v) is 23.7. The molecule has 4 amide bonds. The van der Waals surface area contributed by atoms with Crippen LogP contribution in [0, 0.1) is 11.8 Å². The number of carbonyl (C=O) groups excluding carboxylic acids is 4. The molecule has 40 heavy (non-hydrogen) atoms. The van der Waals surface area contributed by atoms with Crippen LogP contribution in [-0.2, 0) is 14.4 Å². The SMILES string of the molecule is CC[C@H](C)[C@@H]1NC(=O)C[C@@H](C(=O)NC2CCC(F)(F)CC2)NC(=O)c2ccccc2OC[C@@H](CC(C)C)NC1=O. The Bertz CT molecular complexity index is 1060. The number of amides is 4. The third-order valence-corrected chi connectivity index (χ3v) is 7.56. The van der Waals surface area contributed by atoms with Gasteiger partial charge in [-0.3, -0.25) is 19.2 Å². The average Bonchev–Trinajstić information content (AvgIpc) is 2.90. The number of halogens is 2. The molecule has 1 aromatic carbocycles. The maximum Gasteiger partial charge on any atom is 0.255 e. The number of nitrogens with one attached hydrogen (secondary N) is 4. The Balaban J connectivity index is 1.90. The quantitative estimate of drug-likeness (QED) is 0.422. The second-order valence-corrected chi connectivity index (χ2v) is 11.4. The minimum Gasteiger partial charge on any atom is -0.491 e. The molecule has 11 heteroatoms. The molecule has 0 saturated heterocycles. The predicted molar refractivity (Wildman–Crippen MR) is 146 cm³/mol. The fourth-order valence-corrected chi connectivity index (χ4v) is 5.05. The van der Waals surface area contributed by atoms with E-state index in [1.54, 1.807) is 24.3 Å². The summed E-state index contributed by atoms with van der Waals surface area (Å²) in [4.78, 5) is 53.1. The van der Waals surface area contributed by atoms with Gasteiger partial charge in [-0.2, -0.15) is 0 Å². The zero-order chi connectivity index (χ0) is 29.4. The van der Waals surface area contributed by atoms with Crippen LogP contribution in [0.1, 0.15) is 83.0 Å². The molecule has 0 aromatic heterocycles. The van der Waals surface area contributed by atoms with Crippen LogP contribution in [0.15, 0.2) is 24.3 Å². The lowest BCUT2D eigenvalue weighted by Gasteiger charge is -2.31. The molecule has 0 unspecified atom stereocenters. The van der Waals surface area contributed by atoms with Gasteiger partial charge in [0.25, 0.3) is 5.91 Å². The molecule has 1 heterocycles. The minimum absolute atomic E-state index is 0.0933. The van der Waals surface area contributed by atoms with Crippen molar-refractivity contribution >= 4 is 23.6 Å². The van der Waals surface area contributed by atoms with Crippen molar-refractivity contribution < 1.29 is 32.7 Å². The molecule has 0 radical (unpaired) electrons. The van der Waals surface area contributed by atoms with Crippen molar-refractivity contribution in [3.05, 3.63) is 29.8 Å². The van der Waals surface area contributed by atoms with E-state index < -0.39 is 48.2 Å². The molecule has 1 aliphatic carbocycles. The molecule has 0 spiro atoms. The van der Waals surface area contributed by atoms with Crippen LogP contribution in [-0.4, -0.2) is 60.3 Å². The highest BCUT2D eigenvalue weighted by Crippen LogP contribution is 2.33. The van der Waals surface area contributed by atoms with E-state index in [9.17, 15) is 28.0 Å². The number of hydrogen-bond acceptors (Lipinski definition) is 5. The molecule has 0 bridgehead atoms. The van der Waals surface area contributed by atoms with Crippen molar-refractivity contribution in [1.29, 1.82) is 0 Å². The van der Waals surface area contributed by atoms with Crippen molar-refractivity contribution in [3.8, 4) is 5.75 Å². The number of hydrogen-bond donors (Lipinski definition) is 4. The summed E-state index contributed by atoms with van der Waals surface area (Å²) in [6, 6.07) is 3.52. The second kappa shape index (κ2) is 13.9. The first-order valence-corrected chi connectivity index (χ1v) is 14.2. The number of rotatable bonds is 6. The van der Waals surface area contributed by atoms with Gasteiger partial charge in [-0.15, -0.1) is 0 Å². The molecule has 1 fully saturated rings. The van der Waals surface area contributed by atoms with Crippen LogP contribution in [0.4, 0.5) is 8.78 Å². The van der Waals surface area contributed by atoms with Crippen LogP contribution in [0.5, 0.6) is 5.75 Å². The standard InChI is InChI=1S/C29H42F2N4O5/c1-5-18(4)25-28(39)33-20(14-17(2)3)16-40-23-9-7-6-8-21(23)26(37)34-22(15-24(36)35-25)27(38)32-19-10-12-29(30,31)13-11-19/h6-9,17-20,22,25H,5,10-16H2,1-4H3,(H,32,38)(H,33,39)(H,34,37)(H,35,36)/t18-,20+,22-,25-/m0/s1. The van der Waals surface area contributed by atoms with Crippen LogP contribution in [0.2, 0.25) is 0 Å². The monoisotopic (exact) mass is 564 g/mol. The van der Waals surface area contributed by atoms with E-state index >= 15 is 0 Å². The highest BCUT2D eigenvalue weighted by atomic mass is 19.3. The fraction of sp³-hybridized carbons (Fsp3) is 0.655. The third kappa shape index (κ3) is 8.89. The van der Waals surface area contributed by atoms with E-state index in [0.29, 0.717) is 12.8 Å². The molecule has 4 N–H and O–H groups in total. The van der Waals surface area contributed by atoms with Gasteiger partial charge in [-0.25, -0.2) is 8.78 Å². The number of para-hydroxylation sites is 1. The molecule has 222 valence electrons. The average molecular weight is 565 g/mol. The highest BCUT2D eigenvalue weighted by Gasteiger charge is 2.37. The van der Waals surface area contributed by atoms with E-state index in [4.69, 9.17) is 4.74 Å². The van der Waals surface area contributed by atoms with Gasteiger partial charge in [-0.05, 0) is 43.2 Å². The van der Waals surface area contributed by atoms with Gasteiger partial charge in [0.05, 0.1) is 18.0 Å². The molecular formula is C29H42F2N4O5. The molecule has 9 nitrogen and oxygen atoms in total. The molecule has 1 aliphatic heterocycles. The van der Waals surface area contributed by atoms with Gasteiger partial charge in [0.15, 0.2) is 0 Å². The summed E-state index contributed by atoms with van der Waals surface area (Å²) in [6.07, 6.45) is 0.305. The lowest BCUT2D eigenvalue weighted by Crippen LogP contribution is -2.56. The Morgan fingerprint density at radius 1 is 1.07 bits per heavy atom. The van der Waals surface area contributed by atoms with E-state index in [-0.39, 0.29) is 67.4 Å². The maximum atomic E-state index is 13.6. The molecule has 2 aliphatic rings. The first kappa shape index (κ1) is 31.3. The normalized spacial score (nSPS) is 25.4. The Morgan fingerprint density at radius 2 is 1.75 bits per heavy atom. The van der Waals surface area contributed by atoms with E-state index in [2.05, 4.69) is 21.3 Å². The van der Waals surface area contributed by atoms with Crippen LogP contribution in [0.3, 0.4) is 0 Å². The summed E-state index contributed by atoms with van der Waals surface area (Å²) in [5, 5.41) is 11.1. The first-order valence-electron chi connectivity index (χ1n) is 14.2. The Labute approximate surface area is 234 Å². The highest BCUT2D eigenvalue weighted by molar-refractivity contribution is 6.01. The lowest BCUT2D eigenvalue weighted by atomic mass is 9.92. The minimum atomic E-state index is -2.76. The summed E-state index contributed by atoms with van der Waals surface area (Å²) in [5.41, 5.74) is 0.169. The number of fused-ring (bicyclic) bond motifs is 1. The van der Waals surface area contributed by atoms with Gasteiger partial charge < -0.3 is 26.0 Å². The van der Waals surface area contributed by atoms with Crippen molar-refractivity contribution in [3.63, 3.8) is 0 Å². The van der Waals surface area contributed by atoms with Gasteiger partial charge >= 0.3 is 0 Å². The summed E-state index contributed by atoms with van der Waals surface area (Å²) in [5.74, 6) is -4.64. The lowest BCUT2D eigenvalue weighted by molar-refractivity contribution is -0.132. The van der Waals surface area contributed by atoms with Crippen molar-refractivity contribution in [2.75, 3.05) is 6.61 Å². The maximum absolute atomic E-state index is 13.6. The molecule has 1 saturated carbocycles. The van der Waals surface area contributed by atoms with E-state index in [1.165, 1.54) is 0 Å². The largest absolute Gasteiger partial charge is 0.491 e. The Kier molecular flexibility index (Phi) is 10.9. The second-order valence-electron chi connectivity index (χ2n) is 11.4. The third-order valence-electron chi connectivity index (χ3n) is 7.56. The molecular weight excluding hydrogens is 522 g/mol. The first-order chi connectivity index (χ1) is 18.9. The summed E-state index contributed by atoms with van der Waals surface area (Å²) >= 11 is 0. The van der Waals surface area contributed by atoms with Crippen molar-refractivity contribution in [1.82, 2.24) is 21.3 Å². The molecule has 1 aromatic rings. The van der Waals surface area contributed by atoms with Crippen molar-refractivity contribution in [2.24, 2.45) is 11.8 Å². The number of ether oxygens (including phenoxy) is 1.